The maximum absolute atomic E-state index is 5.81. The average Bonchev–Trinajstić information content (AvgIpc) is 2.49. The molecule has 2 aromatic carbocycles. The van der Waals surface area contributed by atoms with Gasteiger partial charge < -0.3 is 15.8 Å². The Balaban J connectivity index is 2.02. The molecule has 3 aromatic rings. The number of ether oxygens (including phenoxy) is 1. The molecule has 0 spiro atoms. The second kappa shape index (κ2) is 5.81. The van der Waals surface area contributed by atoms with Crippen LogP contribution >= 0.6 is 0 Å². The molecule has 0 radical (unpaired) electrons. The SMILES string of the molecule is COCc1ccccc1Nc1ccnc2cc(N)ccc12. The molecule has 0 aliphatic carbocycles. The molecule has 0 saturated carbocycles. The highest BCUT2D eigenvalue weighted by Gasteiger charge is 2.06. The summed E-state index contributed by atoms with van der Waals surface area (Å²) in [5, 5.41) is 4.50. The Kier molecular flexibility index (Phi) is 3.71. The number of hydrogen-bond acceptors (Lipinski definition) is 4. The van der Waals surface area contributed by atoms with Gasteiger partial charge in [0.05, 0.1) is 12.1 Å². The van der Waals surface area contributed by atoms with E-state index in [0.29, 0.717) is 12.3 Å². The first-order valence-corrected chi connectivity index (χ1v) is 6.76. The monoisotopic (exact) mass is 279 g/mol. The summed E-state index contributed by atoms with van der Waals surface area (Å²) in [6.07, 6.45) is 1.78. The van der Waals surface area contributed by atoms with Crippen LogP contribution in [0.4, 0.5) is 17.1 Å². The third-order valence-electron chi connectivity index (χ3n) is 3.35. The number of anilines is 3. The summed E-state index contributed by atoms with van der Waals surface area (Å²) in [6, 6.07) is 15.8. The van der Waals surface area contributed by atoms with Gasteiger partial charge >= 0.3 is 0 Å². The molecule has 3 rings (SSSR count). The summed E-state index contributed by atoms with van der Waals surface area (Å²) >= 11 is 0. The zero-order chi connectivity index (χ0) is 14.7. The van der Waals surface area contributed by atoms with Crippen LogP contribution in [0.15, 0.2) is 54.7 Å². The van der Waals surface area contributed by atoms with Gasteiger partial charge in [0.25, 0.3) is 0 Å². The summed E-state index contributed by atoms with van der Waals surface area (Å²) in [4.78, 5) is 4.36. The lowest BCUT2D eigenvalue weighted by Crippen LogP contribution is -1.98. The van der Waals surface area contributed by atoms with Gasteiger partial charge in [-0.2, -0.15) is 0 Å². The van der Waals surface area contributed by atoms with Crippen molar-refractivity contribution in [2.45, 2.75) is 6.61 Å². The number of nitrogens with zero attached hydrogens (tertiary/aromatic N) is 1. The molecule has 0 aliphatic heterocycles. The van der Waals surface area contributed by atoms with Crippen molar-refractivity contribution in [3.8, 4) is 0 Å². The number of nitrogens with two attached hydrogens (primary N) is 1. The Hall–Kier alpha value is -2.59. The summed E-state index contributed by atoms with van der Waals surface area (Å²) in [7, 11) is 1.70. The van der Waals surface area contributed by atoms with E-state index in [1.807, 2.05) is 48.5 Å². The predicted octanol–water partition coefficient (Wildman–Crippen LogP) is 3.71. The minimum Gasteiger partial charge on any atom is -0.399 e. The second-order valence-electron chi connectivity index (χ2n) is 4.85. The van der Waals surface area contributed by atoms with E-state index in [0.717, 1.165) is 27.8 Å². The molecule has 4 nitrogen and oxygen atoms in total. The van der Waals surface area contributed by atoms with Gasteiger partial charge in [-0.3, -0.25) is 4.98 Å². The van der Waals surface area contributed by atoms with Crippen LogP contribution in [0.5, 0.6) is 0 Å². The number of hydrogen-bond donors (Lipinski definition) is 2. The zero-order valence-corrected chi connectivity index (χ0v) is 11.8. The van der Waals surface area contributed by atoms with Crippen molar-refractivity contribution < 1.29 is 4.74 Å². The highest BCUT2D eigenvalue weighted by molar-refractivity contribution is 5.94. The van der Waals surface area contributed by atoms with Crippen LogP contribution in [0.1, 0.15) is 5.56 Å². The van der Waals surface area contributed by atoms with E-state index in [9.17, 15) is 0 Å². The maximum atomic E-state index is 5.81. The van der Waals surface area contributed by atoms with Gasteiger partial charge in [0.15, 0.2) is 0 Å². The lowest BCUT2D eigenvalue weighted by molar-refractivity contribution is 0.185. The van der Waals surface area contributed by atoms with Crippen LogP contribution in [0.25, 0.3) is 10.9 Å². The van der Waals surface area contributed by atoms with Crippen LogP contribution < -0.4 is 11.1 Å². The van der Waals surface area contributed by atoms with Gasteiger partial charge in [-0.25, -0.2) is 0 Å². The van der Waals surface area contributed by atoms with E-state index < -0.39 is 0 Å². The van der Waals surface area contributed by atoms with Crippen LogP contribution in [0.3, 0.4) is 0 Å². The van der Waals surface area contributed by atoms with Gasteiger partial charge in [-0.05, 0) is 30.3 Å². The fraction of sp³-hybridized carbons (Fsp3) is 0.118. The van der Waals surface area contributed by atoms with Crippen molar-refractivity contribution in [3.05, 3.63) is 60.3 Å². The van der Waals surface area contributed by atoms with Crippen molar-refractivity contribution in [1.29, 1.82) is 0 Å². The molecule has 0 atom stereocenters. The van der Waals surface area contributed by atoms with E-state index in [1.54, 1.807) is 13.3 Å². The summed E-state index contributed by atoms with van der Waals surface area (Å²) in [6.45, 7) is 0.569. The van der Waals surface area contributed by atoms with E-state index in [4.69, 9.17) is 10.5 Å². The van der Waals surface area contributed by atoms with Gasteiger partial charge in [-0.15, -0.1) is 0 Å². The maximum Gasteiger partial charge on any atom is 0.0743 e. The molecule has 21 heavy (non-hydrogen) atoms. The minimum absolute atomic E-state index is 0.569. The first-order chi connectivity index (χ1) is 10.3. The quantitative estimate of drug-likeness (QED) is 0.715. The number of benzene rings is 2. The van der Waals surface area contributed by atoms with Crippen LogP contribution in [0, 0.1) is 0 Å². The van der Waals surface area contributed by atoms with Crippen LogP contribution in [-0.2, 0) is 11.3 Å². The Bertz CT molecular complexity index is 771. The third-order valence-corrected chi connectivity index (χ3v) is 3.35. The number of fused-ring (bicyclic) bond motifs is 1. The molecular formula is C17H17N3O. The fourth-order valence-electron chi connectivity index (χ4n) is 2.34. The molecule has 1 heterocycles. The van der Waals surface area contributed by atoms with Gasteiger partial charge in [0.2, 0.25) is 0 Å². The van der Waals surface area contributed by atoms with Crippen molar-refractivity contribution >= 4 is 28.0 Å². The van der Waals surface area contributed by atoms with E-state index >= 15 is 0 Å². The van der Waals surface area contributed by atoms with Gasteiger partial charge in [-0.1, -0.05) is 18.2 Å². The first-order valence-electron chi connectivity index (χ1n) is 6.76. The van der Waals surface area contributed by atoms with E-state index in [-0.39, 0.29) is 0 Å². The number of nitrogen functional groups attached to an aromatic ring is 1. The van der Waals surface area contributed by atoms with Crippen molar-refractivity contribution in [3.63, 3.8) is 0 Å². The number of pyridine rings is 1. The first kappa shape index (κ1) is 13.4. The molecule has 0 unspecified atom stereocenters. The van der Waals surface area contributed by atoms with Crippen LogP contribution in [0.2, 0.25) is 0 Å². The molecule has 4 heteroatoms. The minimum atomic E-state index is 0.569. The molecule has 106 valence electrons. The molecule has 3 N–H and O–H groups in total. The van der Waals surface area contributed by atoms with E-state index in [1.165, 1.54) is 0 Å². The Labute approximate surface area is 123 Å². The molecular weight excluding hydrogens is 262 g/mol. The largest absolute Gasteiger partial charge is 0.399 e. The number of aromatic nitrogens is 1. The van der Waals surface area contributed by atoms with Gasteiger partial charge in [0, 0.05) is 41.3 Å². The number of methoxy groups -OCH3 is 1. The standard InChI is InChI=1S/C17H17N3O/c1-21-11-12-4-2-3-5-15(12)20-16-8-9-19-17-10-13(18)6-7-14(16)17/h2-10H,11,18H2,1H3,(H,19,20). The Morgan fingerprint density at radius 2 is 1.95 bits per heavy atom. The summed E-state index contributed by atoms with van der Waals surface area (Å²) in [5.41, 5.74) is 10.6. The number of para-hydroxylation sites is 1. The zero-order valence-electron chi connectivity index (χ0n) is 11.8. The van der Waals surface area contributed by atoms with Crippen molar-refractivity contribution in [2.75, 3.05) is 18.2 Å². The topological polar surface area (TPSA) is 60.2 Å². The number of rotatable bonds is 4. The summed E-state index contributed by atoms with van der Waals surface area (Å²) in [5.74, 6) is 0. The highest BCUT2D eigenvalue weighted by atomic mass is 16.5. The lowest BCUT2D eigenvalue weighted by atomic mass is 10.1. The Morgan fingerprint density at radius 3 is 2.81 bits per heavy atom. The smallest absolute Gasteiger partial charge is 0.0743 e. The van der Waals surface area contributed by atoms with Crippen molar-refractivity contribution in [1.82, 2.24) is 4.98 Å². The molecule has 0 saturated heterocycles. The van der Waals surface area contributed by atoms with Gasteiger partial charge in [0.1, 0.15) is 0 Å². The molecule has 0 bridgehead atoms. The van der Waals surface area contributed by atoms with E-state index in [2.05, 4.69) is 10.3 Å². The second-order valence-corrected chi connectivity index (χ2v) is 4.85. The van der Waals surface area contributed by atoms with Crippen molar-refractivity contribution in [2.24, 2.45) is 0 Å². The summed E-state index contributed by atoms with van der Waals surface area (Å²) < 4.78 is 5.24. The fourth-order valence-corrected chi connectivity index (χ4v) is 2.34. The van der Waals surface area contributed by atoms with Crippen LogP contribution in [-0.4, -0.2) is 12.1 Å². The molecule has 0 aliphatic rings. The normalized spacial score (nSPS) is 10.7. The number of nitrogens with one attached hydrogen (secondary N) is 1. The average molecular weight is 279 g/mol. The highest BCUT2D eigenvalue weighted by Crippen LogP contribution is 2.28. The lowest BCUT2D eigenvalue weighted by Gasteiger charge is -2.13. The molecule has 0 amide bonds. The Morgan fingerprint density at radius 1 is 1.10 bits per heavy atom. The third kappa shape index (κ3) is 2.80. The predicted molar refractivity (Wildman–Crippen MR) is 86.6 cm³/mol. The molecule has 1 aromatic heterocycles. The molecule has 0 fully saturated rings.